The van der Waals surface area contributed by atoms with Crippen LogP contribution in [0.3, 0.4) is 0 Å². The number of primary amides is 1. The van der Waals surface area contributed by atoms with E-state index in [0.29, 0.717) is 40.0 Å². The van der Waals surface area contributed by atoms with Crippen molar-refractivity contribution in [2.45, 2.75) is 82.5 Å². The molecule has 4 N–H and O–H groups in total. The lowest BCUT2D eigenvalue weighted by Gasteiger charge is -2.28. The Balaban J connectivity index is 1.63. The van der Waals surface area contributed by atoms with Gasteiger partial charge in [-0.3, -0.25) is 9.36 Å². The van der Waals surface area contributed by atoms with Crippen molar-refractivity contribution >= 4 is 35.1 Å². The number of carbonyl (C=O) groups is 1. The van der Waals surface area contributed by atoms with Crippen molar-refractivity contribution < 1.29 is 13.6 Å². The summed E-state index contributed by atoms with van der Waals surface area (Å²) in [5.41, 5.74) is 15.0. The van der Waals surface area contributed by atoms with E-state index in [1.807, 2.05) is 16.7 Å². The molecule has 8 nitrogen and oxygen atoms in total. The van der Waals surface area contributed by atoms with Gasteiger partial charge in [0.25, 0.3) is 5.89 Å². The molecule has 1 unspecified atom stereocenters. The number of anilines is 1. The third-order valence-corrected chi connectivity index (χ3v) is 9.48. The minimum Gasteiger partial charge on any atom is -0.402 e. The molecule has 226 valence electrons. The Morgan fingerprint density at radius 1 is 1.00 bits per heavy atom. The number of carbonyl (C=O) groups excluding carboxylic acids is 1. The minimum atomic E-state index is -0.544. The number of aromatic nitrogens is 4. The van der Waals surface area contributed by atoms with E-state index in [9.17, 15) is 9.18 Å². The smallest absolute Gasteiger partial charge is 0.313 e. The molecule has 4 aromatic rings. The number of hydrogen-bond acceptors (Lipinski definition) is 6. The number of amides is 1. The molecular weight excluding hydrogens is 590 g/mol. The molecule has 2 aliphatic carbocycles. The van der Waals surface area contributed by atoms with Crippen molar-refractivity contribution in [2.24, 2.45) is 11.7 Å². The lowest BCUT2D eigenvalue weighted by Crippen LogP contribution is -2.26. The lowest BCUT2D eigenvalue weighted by atomic mass is 9.80. The zero-order valence-electron chi connectivity index (χ0n) is 23.9. The molecule has 0 bridgehead atoms. The van der Waals surface area contributed by atoms with Gasteiger partial charge in [-0.15, -0.1) is 5.10 Å². The second-order valence-electron chi connectivity index (χ2n) is 11.8. The van der Waals surface area contributed by atoms with Crippen LogP contribution in [-0.4, -0.2) is 25.7 Å². The highest BCUT2D eigenvalue weighted by Gasteiger charge is 2.33. The summed E-state index contributed by atoms with van der Waals surface area (Å²) in [6.07, 6.45) is 11.5. The quantitative estimate of drug-likeness (QED) is 0.203. The van der Waals surface area contributed by atoms with E-state index in [-0.39, 0.29) is 28.8 Å². The van der Waals surface area contributed by atoms with Crippen LogP contribution in [-0.2, 0) is 4.79 Å². The Labute approximate surface area is 260 Å². The third-order valence-electron chi connectivity index (χ3n) is 8.96. The van der Waals surface area contributed by atoms with Crippen LogP contribution in [0.5, 0.6) is 0 Å². The van der Waals surface area contributed by atoms with Crippen LogP contribution >= 0.6 is 23.2 Å². The molecule has 0 radical (unpaired) electrons. The number of rotatable bonds is 8. The second-order valence-corrected chi connectivity index (χ2v) is 12.7. The van der Waals surface area contributed by atoms with Crippen molar-refractivity contribution in [2.75, 3.05) is 5.73 Å². The Bertz CT molecular complexity index is 1620. The maximum absolute atomic E-state index is 14.4. The average Bonchev–Trinajstić information content (AvgIpc) is 3.62. The molecule has 2 saturated carbocycles. The number of nitrogen functional groups attached to an aromatic ring is 1. The number of benzene rings is 2. The molecule has 43 heavy (non-hydrogen) atoms. The van der Waals surface area contributed by atoms with Crippen molar-refractivity contribution in [1.29, 1.82) is 0 Å². The minimum absolute atomic E-state index is 0.0425. The second kappa shape index (κ2) is 12.7. The van der Waals surface area contributed by atoms with Gasteiger partial charge in [-0.25, -0.2) is 9.37 Å². The highest BCUT2D eigenvalue weighted by molar-refractivity contribution is 6.31. The summed E-state index contributed by atoms with van der Waals surface area (Å²) in [6, 6.07) is 9.94. The van der Waals surface area contributed by atoms with Crippen LogP contribution in [0.15, 0.2) is 40.8 Å². The van der Waals surface area contributed by atoms with Gasteiger partial charge in [-0.05, 0) is 61.1 Å². The zero-order valence-corrected chi connectivity index (χ0v) is 25.4. The molecule has 2 heterocycles. The molecule has 11 heteroatoms. The Morgan fingerprint density at radius 2 is 1.72 bits per heavy atom. The van der Waals surface area contributed by atoms with Gasteiger partial charge in [0.2, 0.25) is 5.91 Å². The van der Waals surface area contributed by atoms with Crippen molar-refractivity contribution in [3.63, 3.8) is 0 Å². The fourth-order valence-electron chi connectivity index (χ4n) is 6.86. The van der Waals surface area contributed by atoms with Gasteiger partial charge in [0.05, 0.1) is 22.3 Å². The molecule has 2 aromatic heterocycles. The third kappa shape index (κ3) is 6.15. The van der Waals surface area contributed by atoms with Gasteiger partial charge >= 0.3 is 6.01 Å². The average molecular weight is 626 g/mol. The fourth-order valence-corrected chi connectivity index (χ4v) is 7.21. The van der Waals surface area contributed by atoms with Crippen LogP contribution in [0.25, 0.3) is 28.5 Å². The van der Waals surface area contributed by atoms with Crippen LogP contribution in [0.1, 0.15) is 93.9 Å². The number of nitrogens with zero attached hydrogens (tertiary/aromatic N) is 4. The van der Waals surface area contributed by atoms with Crippen LogP contribution in [0.2, 0.25) is 10.0 Å². The summed E-state index contributed by atoms with van der Waals surface area (Å²) < 4.78 is 22.1. The first-order chi connectivity index (χ1) is 20.8. The molecular formula is C32H35Cl2FN6O2. The molecule has 1 amide bonds. The van der Waals surface area contributed by atoms with E-state index in [1.54, 1.807) is 18.2 Å². The molecule has 2 fully saturated rings. The van der Waals surface area contributed by atoms with Crippen molar-refractivity contribution in [3.8, 4) is 28.5 Å². The normalized spacial score (nSPS) is 17.3. The monoisotopic (exact) mass is 624 g/mol. The van der Waals surface area contributed by atoms with Gasteiger partial charge < -0.3 is 15.9 Å². The summed E-state index contributed by atoms with van der Waals surface area (Å²) in [7, 11) is 0. The van der Waals surface area contributed by atoms with Crippen LogP contribution in [0.4, 0.5) is 10.4 Å². The van der Waals surface area contributed by atoms with Crippen LogP contribution in [0, 0.1) is 11.7 Å². The first-order valence-corrected chi connectivity index (χ1v) is 15.8. The largest absolute Gasteiger partial charge is 0.402 e. The molecule has 0 saturated heterocycles. The summed E-state index contributed by atoms with van der Waals surface area (Å²) in [4.78, 5) is 18.3. The summed E-state index contributed by atoms with van der Waals surface area (Å²) in [5, 5.41) is 8.49. The first-order valence-electron chi connectivity index (χ1n) is 15.1. The Kier molecular flexibility index (Phi) is 8.73. The summed E-state index contributed by atoms with van der Waals surface area (Å²) in [6.45, 7) is 0. The highest BCUT2D eigenvalue weighted by Crippen LogP contribution is 2.44. The standard InChI is InChI=1S/C32H35Cl2FN6O2/c33-21-12-13-22(23(29(36)42)15-18-7-3-1-4-8-18)26(17-21)41-28(20-11-14-25(35)24(34)16-20)27(31-39-40-32(37)43-31)38-30(41)19-9-5-2-6-10-19/h11-14,16-19,23H,1-10,15H2,(H2,36,42)(H2,37,40). The Morgan fingerprint density at radius 3 is 2.37 bits per heavy atom. The predicted octanol–water partition coefficient (Wildman–Crippen LogP) is 8.20. The molecule has 0 spiro atoms. The van der Waals surface area contributed by atoms with E-state index in [2.05, 4.69) is 10.2 Å². The van der Waals surface area contributed by atoms with Crippen molar-refractivity contribution in [3.05, 3.63) is 63.6 Å². The number of imidazole rings is 1. The van der Waals surface area contributed by atoms with Gasteiger partial charge in [0.1, 0.15) is 11.6 Å². The molecule has 2 aromatic carbocycles. The van der Waals surface area contributed by atoms with E-state index >= 15 is 0 Å². The maximum Gasteiger partial charge on any atom is 0.313 e. The first kappa shape index (κ1) is 29.6. The molecule has 2 aliphatic rings. The highest BCUT2D eigenvalue weighted by atomic mass is 35.5. The maximum atomic E-state index is 14.4. The number of halogens is 3. The SMILES string of the molecule is NC(=O)C(CC1CCCCC1)c1ccc(Cl)cc1-n1c(C2CCCCC2)nc(-c2nnc(N)o2)c1-c1ccc(F)c(Cl)c1. The van der Waals surface area contributed by atoms with Crippen molar-refractivity contribution in [1.82, 2.24) is 19.7 Å². The van der Waals surface area contributed by atoms with Gasteiger partial charge in [-0.2, -0.15) is 0 Å². The van der Waals surface area contributed by atoms with E-state index < -0.39 is 11.7 Å². The predicted molar refractivity (Wildman–Crippen MR) is 166 cm³/mol. The summed E-state index contributed by atoms with van der Waals surface area (Å²) >= 11 is 13.0. The van der Waals surface area contributed by atoms with Gasteiger partial charge in [-0.1, -0.05) is 85.7 Å². The number of hydrogen-bond donors (Lipinski definition) is 2. The van der Waals surface area contributed by atoms with Crippen LogP contribution < -0.4 is 11.5 Å². The molecule has 0 aliphatic heterocycles. The molecule has 6 rings (SSSR count). The fraction of sp³-hybridized carbons (Fsp3) is 0.438. The van der Waals surface area contributed by atoms with Gasteiger partial charge in [0.15, 0.2) is 5.69 Å². The number of nitrogens with two attached hydrogens (primary N) is 2. The van der Waals surface area contributed by atoms with Gasteiger partial charge in [0, 0.05) is 16.5 Å². The lowest BCUT2D eigenvalue weighted by molar-refractivity contribution is -0.119. The van der Waals surface area contributed by atoms with E-state index in [4.69, 9.17) is 44.1 Å². The Hall–Kier alpha value is -3.43. The molecule has 1 atom stereocenters. The summed E-state index contributed by atoms with van der Waals surface area (Å²) in [5.74, 6) is -0.0594. The zero-order chi connectivity index (χ0) is 30.1. The topological polar surface area (TPSA) is 126 Å². The van der Waals surface area contributed by atoms with E-state index in [1.165, 1.54) is 12.5 Å². The van der Waals surface area contributed by atoms with E-state index in [0.717, 1.165) is 69.2 Å².